The van der Waals surface area contributed by atoms with E-state index in [4.69, 9.17) is 0 Å². The zero-order valence-corrected chi connectivity index (χ0v) is 20.8. The number of unbranched alkanes of at least 4 members (excludes halogenated alkanes) is 1. The lowest BCUT2D eigenvalue weighted by atomic mass is 10.1. The standard InChI is InChI=1S/C28H29BrN2O2/c1-4-5-6-21-12-14-23(15-13-21)27(32)31-26(18-22-10-7-19(2)8-11-22)28(33)30-25-16-9-20(3)17-24(25)29/h7-18H,4-6H2,1-3H3,(H,30,33)(H,31,32). The fourth-order valence-electron chi connectivity index (χ4n) is 3.30. The van der Waals surface area contributed by atoms with Gasteiger partial charge >= 0.3 is 0 Å². The van der Waals surface area contributed by atoms with Gasteiger partial charge in [-0.05, 0) is 89.7 Å². The van der Waals surface area contributed by atoms with Crippen LogP contribution in [0.15, 0.2) is 76.9 Å². The minimum atomic E-state index is -0.395. The molecule has 0 radical (unpaired) electrons. The molecular formula is C28H29BrN2O2. The lowest BCUT2D eigenvalue weighted by Gasteiger charge is -2.13. The zero-order valence-electron chi connectivity index (χ0n) is 19.2. The van der Waals surface area contributed by atoms with Gasteiger partial charge in [-0.2, -0.15) is 0 Å². The summed E-state index contributed by atoms with van der Waals surface area (Å²) in [6, 6.07) is 21.0. The van der Waals surface area contributed by atoms with E-state index in [1.165, 1.54) is 5.56 Å². The number of aryl methyl sites for hydroxylation is 3. The number of anilines is 1. The molecule has 0 heterocycles. The van der Waals surface area contributed by atoms with Gasteiger partial charge in [-0.1, -0.05) is 61.4 Å². The first kappa shape index (κ1) is 24.5. The van der Waals surface area contributed by atoms with Crippen LogP contribution in [-0.2, 0) is 11.2 Å². The van der Waals surface area contributed by atoms with Crippen LogP contribution in [0.3, 0.4) is 0 Å². The molecular weight excluding hydrogens is 476 g/mol. The normalized spacial score (nSPS) is 11.2. The molecule has 0 saturated carbocycles. The maximum absolute atomic E-state index is 13.1. The van der Waals surface area contributed by atoms with Gasteiger partial charge in [-0.15, -0.1) is 0 Å². The Labute approximate surface area is 204 Å². The molecule has 0 aliphatic heterocycles. The number of benzene rings is 3. The van der Waals surface area contributed by atoms with Crippen LogP contribution >= 0.6 is 15.9 Å². The van der Waals surface area contributed by atoms with Crippen molar-refractivity contribution in [3.63, 3.8) is 0 Å². The molecule has 0 aliphatic carbocycles. The van der Waals surface area contributed by atoms with Crippen LogP contribution < -0.4 is 10.6 Å². The number of rotatable bonds is 8. The van der Waals surface area contributed by atoms with Gasteiger partial charge in [-0.3, -0.25) is 9.59 Å². The minimum Gasteiger partial charge on any atom is -0.320 e. The van der Waals surface area contributed by atoms with E-state index in [1.54, 1.807) is 18.2 Å². The van der Waals surface area contributed by atoms with Gasteiger partial charge in [0.05, 0.1) is 5.69 Å². The number of hydrogen-bond donors (Lipinski definition) is 2. The predicted molar refractivity (Wildman–Crippen MR) is 139 cm³/mol. The van der Waals surface area contributed by atoms with E-state index < -0.39 is 5.91 Å². The third-order valence-corrected chi connectivity index (χ3v) is 5.95. The first-order valence-electron chi connectivity index (χ1n) is 11.1. The molecule has 3 rings (SSSR count). The summed E-state index contributed by atoms with van der Waals surface area (Å²) in [5, 5.41) is 5.69. The molecule has 0 unspecified atom stereocenters. The Morgan fingerprint density at radius 1 is 0.909 bits per heavy atom. The van der Waals surface area contributed by atoms with Crippen molar-refractivity contribution in [3.8, 4) is 0 Å². The Kier molecular flexibility index (Phi) is 8.61. The summed E-state index contributed by atoms with van der Waals surface area (Å²) < 4.78 is 0.777. The molecule has 0 bridgehead atoms. The van der Waals surface area contributed by atoms with Crippen LogP contribution in [0.4, 0.5) is 5.69 Å². The van der Waals surface area contributed by atoms with Crippen LogP contribution in [0.5, 0.6) is 0 Å². The lowest BCUT2D eigenvalue weighted by molar-refractivity contribution is -0.113. The number of carbonyl (C=O) groups excluding carboxylic acids is 2. The van der Waals surface area contributed by atoms with Crippen LogP contribution in [0, 0.1) is 13.8 Å². The highest BCUT2D eigenvalue weighted by atomic mass is 79.9. The van der Waals surface area contributed by atoms with Gasteiger partial charge in [-0.25, -0.2) is 0 Å². The monoisotopic (exact) mass is 504 g/mol. The molecule has 3 aromatic rings. The van der Waals surface area contributed by atoms with Crippen LogP contribution in [0.2, 0.25) is 0 Å². The van der Waals surface area contributed by atoms with Crippen molar-refractivity contribution in [1.29, 1.82) is 0 Å². The first-order chi connectivity index (χ1) is 15.9. The highest BCUT2D eigenvalue weighted by Gasteiger charge is 2.16. The van der Waals surface area contributed by atoms with Crippen molar-refractivity contribution in [3.05, 3.63) is 105 Å². The van der Waals surface area contributed by atoms with Crippen molar-refractivity contribution in [1.82, 2.24) is 5.32 Å². The number of hydrogen-bond acceptors (Lipinski definition) is 2. The van der Waals surface area contributed by atoms with Gasteiger partial charge in [0.2, 0.25) is 0 Å². The van der Waals surface area contributed by atoms with Gasteiger partial charge in [0.15, 0.2) is 0 Å². The third kappa shape index (κ3) is 7.16. The molecule has 0 aromatic heterocycles. The summed E-state index contributed by atoms with van der Waals surface area (Å²) in [5.74, 6) is -0.721. The fourth-order valence-corrected chi connectivity index (χ4v) is 3.89. The minimum absolute atomic E-state index is 0.173. The van der Waals surface area contributed by atoms with E-state index in [-0.39, 0.29) is 11.6 Å². The highest BCUT2D eigenvalue weighted by molar-refractivity contribution is 9.10. The Balaban J connectivity index is 1.84. The molecule has 0 fully saturated rings. The Morgan fingerprint density at radius 3 is 2.21 bits per heavy atom. The smallest absolute Gasteiger partial charge is 0.272 e. The molecule has 0 aliphatic rings. The average Bonchev–Trinajstić information content (AvgIpc) is 2.80. The molecule has 5 heteroatoms. The average molecular weight is 505 g/mol. The van der Waals surface area contributed by atoms with Crippen molar-refractivity contribution in [2.75, 3.05) is 5.32 Å². The van der Waals surface area contributed by atoms with Crippen LogP contribution in [0.25, 0.3) is 6.08 Å². The molecule has 4 nitrogen and oxygen atoms in total. The van der Waals surface area contributed by atoms with Crippen LogP contribution in [-0.4, -0.2) is 11.8 Å². The molecule has 2 N–H and O–H groups in total. The second kappa shape index (κ2) is 11.6. The number of carbonyl (C=O) groups is 2. The second-order valence-corrected chi connectivity index (χ2v) is 9.02. The molecule has 3 aromatic carbocycles. The number of halogens is 1. The topological polar surface area (TPSA) is 58.2 Å². The number of nitrogens with one attached hydrogen (secondary N) is 2. The summed E-state index contributed by atoms with van der Waals surface area (Å²) in [6.07, 6.45) is 4.92. The van der Waals surface area contributed by atoms with Gasteiger partial charge in [0, 0.05) is 10.0 Å². The molecule has 2 amide bonds. The Morgan fingerprint density at radius 2 is 1.58 bits per heavy atom. The third-order valence-electron chi connectivity index (χ3n) is 5.29. The Hall–Kier alpha value is -3.18. The quantitative estimate of drug-likeness (QED) is 0.330. The van der Waals surface area contributed by atoms with E-state index in [2.05, 4.69) is 33.5 Å². The number of amides is 2. The van der Waals surface area contributed by atoms with E-state index in [9.17, 15) is 9.59 Å². The fraction of sp³-hybridized carbons (Fsp3) is 0.214. The van der Waals surface area contributed by atoms with E-state index >= 15 is 0 Å². The maximum Gasteiger partial charge on any atom is 0.272 e. The molecule has 0 atom stereocenters. The Bertz CT molecular complexity index is 1150. The maximum atomic E-state index is 13.1. The first-order valence-corrected chi connectivity index (χ1v) is 11.9. The van der Waals surface area contributed by atoms with Crippen molar-refractivity contribution < 1.29 is 9.59 Å². The lowest BCUT2D eigenvalue weighted by Crippen LogP contribution is -2.30. The SMILES string of the molecule is CCCCc1ccc(C(=O)NC(=Cc2ccc(C)cc2)C(=O)Nc2ccc(C)cc2Br)cc1. The van der Waals surface area contributed by atoms with E-state index in [0.717, 1.165) is 40.4 Å². The summed E-state index contributed by atoms with van der Waals surface area (Å²) in [6.45, 7) is 6.14. The second-order valence-electron chi connectivity index (χ2n) is 8.16. The van der Waals surface area contributed by atoms with Crippen molar-refractivity contribution in [2.24, 2.45) is 0 Å². The van der Waals surface area contributed by atoms with E-state index in [1.807, 2.05) is 68.4 Å². The van der Waals surface area contributed by atoms with Crippen molar-refractivity contribution in [2.45, 2.75) is 40.0 Å². The van der Waals surface area contributed by atoms with Crippen LogP contribution in [0.1, 0.15) is 52.4 Å². The predicted octanol–water partition coefficient (Wildman–Crippen LogP) is 6.82. The van der Waals surface area contributed by atoms with Gasteiger partial charge < -0.3 is 10.6 Å². The molecule has 0 saturated heterocycles. The van der Waals surface area contributed by atoms with E-state index in [0.29, 0.717) is 11.3 Å². The summed E-state index contributed by atoms with van der Waals surface area (Å²) in [4.78, 5) is 26.1. The molecule has 170 valence electrons. The summed E-state index contributed by atoms with van der Waals surface area (Å²) in [5.41, 5.74) is 5.53. The summed E-state index contributed by atoms with van der Waals surface area (Å²) in [7, 11) is 0. The largest absolute Gasteiger partial charge is 0.320 e. The molecule has 33 heavy (non-hydrogen) atoms. The van der Waals surface area contributed by atoms with Gasteiger partial charge in [0.1, 0.15) is 5.70 Å². The summed E-state index contributed by atoms with van der Waals surface area (Å²) >= 11 is 3.49. The molecule has 0 spiro atoms. The van der Waals surface area contributed by atoms with Gasteiger partial charge in [0.25, 0.3) is 11.8 Å². The highest BCUT2D eigenvalue weighted by Crippen LogP contribution is 2.24. The van der Waals surface area contributed by atoms with Crippen molar-refractivity contribution >= 4 is 39.5 Å². The zero-order chi connectivity index (χ0) is 23.8.